The quantitative estimate of drug-likeness (QED) is 0.294. The molecule has 1 amide bonds. The largest absolute Gasteiger partial charge is 0.493 e. The van der Waals surface area contributed by atoms with Gasteiger partial charge in [0.05, 0.1) is 37.2 Å². The Morgan fingerprint density at radius 2 is 1.56 bits per heavy atom. The van der Waals surface area contributed by atoms with Crippen molar-refractivity contribution in [2.45, 2.75) is 13.8 Å². The van der Waals surface area contributed by atoms with Crippen LogP contribution in [0.25, 0.3) is 16.3 Å². The predicted molar refractivity (Wildman–Crippen MR) is 138 cm³/mol. The molecule has 0 radical (unpaired) electrons. The minimum Gasteiger partial charge on any atom is -0.493 e. The number of amides is 1. The van der Waals surface area contributed by atoms with Crippen LogP contribution in [0.1, 0.15) is 16.7 Å². The molecule has 0 aliphatic heterocycles. The number of aromatic nitrogens is 1. The molecule has 4 aromatic rings. The van der Waals surface area contributed by atoms with E-state index in [0.717, 1.165) is 32.6 Å². The second-order valence-corrected chi connectivity index (χ2v) is 8.78. The van der Waals surface area contributed by atoms with Crippen molar-refractivity contribution < 1.29 is 19.0 Å². The van der Waals surface area contributed by atoms with E-state index in [0.29, 0.717) is 22.4 Å². The van der Waals surface area contributed by atoms with Gasteiger partial charge in [-0.25, -0.2) is 4.98 Å². The number of ether oxygens (including phenoxy) is 3. The highest BCUT2D eigenvalue weighted by Crippen LogP contribution is 2.39. The number of methoxy groups -OCH3 is 3. The molecular weight excluding hydrogens is 448 g/mol. The van der Waals surface area contributed by atoms with Gasteiger partial charge in [-0.3, -0.25) is 9.69 Å². The lowest BCUT2D eigenvalue weighted by Gasteiger charge is -2.19. The molecule has 0 bridgehead atoms. The molecule has 3 aromatic carbocycles. The van der Waals surface area contributed by atoms with E-state index in [-0.39, 0.29) is 5.91 Å². The molecule has 0 unspecified atom stereocenters. The molecule has 0 spiro atoms. The smallest absolute Gasteiger partial charge is 0.257 e. The molecular formula is C27H26N2O4S. The molecule has 7 heteroatoms. The van der Waals surface area contributed by atoms with Crippen LogP contribution in [0.2, 0.25) is 0 Å². The standard InChI is InChI=1S/C27H26N2O4S/c1-17-12-18(2)14-20(13-17)29(27-28-21-8-6-7-9-24(21)34-27)25(30)11-10-19-15-22(31-3)26(33-5)23(16-19)32-4/h6-16H,1-5H3. The van der Waals surface area contributed by atoms with Gasteiger partial charge in [0.2, 0.25) is 5.75 Å². The summed E-state index contributed by atoms with van der Waals surface area (Å²) in [6, 6.07) is 17.5. The number of fused-ring (bicyclic) bond motifs is 1. The van der Waals surface area contributed by atoms with Gasteiger partial charge in [-0.05, 0) is 73.0 Å². The van der Waals surface area contributed by atoms with E-state index in [2.05, 4.69) is 6.07 Å². The Labute approximate surface area is 203 Å². The normalized spacial score (nSPS) is 11.1. The summed E-state index contributed by atoms with van der Waals surface area (Å²) < 4.78 is 17.3. The Morgan fingerprint density at radius 3 is 2.15 bits per heavy atom. The van der Waals surface area contributed by atoms with Crippen molar-refractivity contribution in [2.24, 2.45) is 0 Å². The number of aryl methyl sites for hydroxylation is 2. The van der Waals surface area contributed by atoms with Crippen LogP contribution < -0.4 is 19.1 Å². The van der Waals surface area contributed by atoms with Gasteiger partial charge in [-0.15, -0.1) is 0 Å². The molecule has 1 heterocycles. The highest BCUT2D eigenvalue weighted by Gasteiger charge is 2.21. The van der Waals surface area contributed by atoms with Crippen molar-refractivity contribution in [3.05, 3.63) is 77.4 Å². The molecule has 6 nitrogen and oxygen atoms in total. The minimum absolute atomic E-state index is 0.210. The van der Waals surface area contributed by atoms with E-state index < -0.39 is 0 Å². The van der Waals surface area contributed by atoms with Gasteiger partial charge in [0.15, 0.2) is 16.6 Å². The maximum atomic E-state index is 13.6. The summed E-state index contributed by atoms with van der Waals surface area (Å²) in [6.45, 7) is 4.03. The zero-order valence-corrected chi connectivity index (χ0v) is 20.6. The van der Waals surface area contributed by atoms with Crippen molar-refractivity contribution >= 4 is 44.4 Å². The monoisotopic (exact) mass is 474 g/mol. The number of carbonyl (C=O) groups excluding carboxylic acids is 1. The molecule has 4 rings (SSSR count). The first-order valence-electron chi connectivity index (χ1n) is 10.7. The van der Waals surface area contributed by atoms with Crippen molar-refractivity contribution in [3.8, 4) is 17.2 Å². The van der Waals surface area contributed by atoms with Crippen LogP contribution in [0.4, 0.5) is 10.8 Å². The molecule has 0 aliphatic carbocycles. The number of benzene rings is 3. The number of rotatable bonds is 7. The Kier molecular flexibility index (Phi) is 6.84. The van der Waals surface area contributed by atoms with Crippen LogP contribution in [0.3, 0.4) is 0 Å². The summed E-state index contributed by atoms with van der Waals surface area (Å²) in [6.07, 6.45) is 3.26. The Balaban J connectivity index is 1.76. The lowest BCUT2D eigenvalue weighted by molar-refractivity contribution is -0.113. The summed E-state index contributed by atoms with van der Waals surface area (Å²) in [5.41, 5.74) is 4.52. The first-order valence-corrected chi connectivity index (χ1v) is 11.5. The first-order chi connectivity index (χ1) is 16.4. The number of anilines is 2. The average molecular weight is 475 g/mol. The summed E-state index contributed by atoms with van der Waals surface area (Å²) >= 11 is 1.48. The van der Waals surface area contributed by atoms with Gasteiger partial charge in [-0.2, -0.15) is 0 Å². The highest BCUT2D eigenvalue weighted by atomic mass is 32.1. The van der Waals surface area contributed by atoms with Gasteiger partial charge >= 0.3 is 0 Å². The summed E-state index contributed by atoms with van der Waals surface area (Å²) in [4.78, 5) is 20.0. The van der Waals surface area contributed by atoms with E-state index in [1.165, 1.54) is 17.4 Å². The average Bonchev–Trinajstić information content (AvgIpc) is 3.25. The minimum atomic E-state index is -0.210. The Bertz CT molecular complexity index is 1300. The molecule has 0 fully saturated rings. The van der Waals surface area contributed by atoms with E-state index in [4.69, 9.17) is 19.2 Å². The molecule has 0 atom stereocenters. The topological polar surface area (TPSA) is 60.9 Å². The van der Waals surface area contributed by atoms with E-state index in [1.54, 1.807) is 44.4 Å². The number of nitrogens with zero attached hydrogens (tertiary/aromatic N) is 2. The molecule has 34 heavy (non-hydrogen) atoms. The third-order valence-electron chi connectivity index (χ3n) is 5.26. The van der Waals surface area contributed by atoms with E-state index in [1.807, 2.05) is 50.2 Å². The second kappa shape index (κ2) is 9.97. The van der Waals surface area contributed by atoms with Gasteiger partial charge < -0.3 is 14.2 Å². The van der Waals surface area contributed by atoms with Gasteiger partial charge in [0.1, 0.15) is 0 Å². The van der Waals surface area contributed by atoms with Crippen LogP contribution >= 0.6 is 11.3 Å². The van der Waals surface area contributed by atoms with Crippen molar-refractivity contribution in [3.63, 3.8) is 0 Å². The summed E-state index contributed by atoms with van der Waals surface area (Å²) in [5.74, 6) is 1.33. The van der Waals surface area contributed by atoms with Gasteiger partial charge in [0, 0.05) is 6.08 Å². The highest BCUT2D eigenvalue weighted by molar-refractivity contribution is 7.22. The van der Waals surface area contributed by atoms with Crippen LogP contribution in [0, 0.1) is 13.8 Å². The zero-order valence-electron chi connectivity index (χ0n) is 19.8. The number of hydrogen-bond acceptors (Lipinski definition) is 6. The number of hydrogen-bond donors (Lipinski definition) is 0. The predicted octanol–water partition coefficient (Wildman–Crippen LogP) is 6.32. The van der Waals surface area contributed by atoms with Crippen LogP contribution in [-0.2, 0) is 4.79 Å². The molecule has 0 saturated carbocycles. The molecule has 174 valence electrons. The van der Waals surface area contributed by atoms with Crippen LogP contribution in [0.15, 0.2) is 60.7 Å². The third kappa shape index (κ3) is 4.75. The summed E-state index contributed by atoms with van der Waals surface area (Å²) in [5, 5.41) is 0.616. The maximum absolute atomic E-state index is 13.6. The van der Waals surface area contributed by atoms with E-state index >= 15 is 0 Å². The van der Waals surface area contributed by atoms with Crippen LogP contribution in [-0.4, -0.2) is 32.2 Å². The van der Waals surface area contributed by atoms with Gasteiger partial charge in [0.25, 0.3) is 5.91 Å². The molecule has 1 aromatic heterocycles. The molecule has 0 N–H and O–H groups in total. The van der Waals surface area contributed by atoms with Gasteiger partial charge in [-0.1, -0.05) is 29.5 Å². The lowest BCUT2D eigenvalue weighted by Crippen LogP contribution is -2.23. The lowest BCUT2D eigenvalue weighted by atomic mass is 10.1. The van der Waals surface area contributed by atoms with Crippen molar-refractivity contribution in [1.82, 2.24) is 4.98 Å². The molecule has 0 aliphatic rings. The fourth-order valence-electron chi connectivity index (χ4n) is 3.81. The zero-order chi connectivity index (χ0) is 24.2. The first kappa shape index (κ1) is 23.3. The SMILES string of the molecule is COc1cc(C=CC(=O)N(c2cc(C)cc(C)c2)c2nc3ccccc3s2)cc(OC)c1OC. The fourth-order valence-corrected chi connectivity index (χ4v) is 4.80. The Morgan fingerprint density at radius 1 is 0.912 bits per heavy atom. The van der Waals surface area contributed by atoms with Crippen molar-refractivity contribution in [2.75, 3.05) is 26.2 Å². The maximum Gasteiger partial charge on any atom is 0.257 e. The Hall–Kier alpha value is -3.84. The number of para-hydroxylation sites is 1. The second-order valence-electron chi connectivity index (χ2n) is 7.78. The number of carbonyl (C=O) groups is 1. The summed E-state index contributed by atoms with van der Waals surface area (Å²) in [7, 11) is 4.68. The fraction of sp³-hybridized carbons (Fsp3) is 0.185. The van der Waals surface area contributed by atoms with Crippen LogP contribution in [0.5, 0.6) is 17.2 Å². The number of thiazole rings is 1. The van der Waals surface area contributed by atoms with Crippen molar-refractivity contribution in [1.29, 1.82) is 0 Å². The molecule has 0 saturated heterocycles. The third-order valence-corrected chi connectivity index (χ3v) is 6.29. The van der Waals surface area contributed by atoms with E-state index in [9.17, 15) is 4.79 Å².